The van der Waals surface area contributed by atoms with E-state index in [2.05, 4.69) is 39.1 Å². The summed E-state index contributed by atoms with van der Waals surface area (Å²) in [6, 6.07) is 10.5. The van der Waals surface area contributed by atoms with Crippen LogP contribution in [0.3, 0.4) is 0 Å². The number of rotatable bonds is 7. The molecule has 1 aromatic carbocycles. The SMILES string of the molecule is Cc1ncnc(C)c1C(=O)N1C[C@H]2CN(CCC(c3ccccc3)C3CN(S(C)(=O)=O)C3)C[C@H]2C1. The summed E-state index contributed by atoms with van der Waals surface area (Å²) in [5.74, 6) is 1.79. The van der Waals surface area contributed by atoms with Crippen LogP contribution in [0.4, 0.5) is 0 Å². The molecule has 0 saturated carbocycles. The summed E-state index contributed by atoms with van der Waals surface area (Å²) < 4.78 is 25.3. The second-order valence-electron chi connectivity index (χ2n) is 10.6. The van der Waals surface area contributed by atoms with Crippen LogP contribution in [0.25, 0.3) is 0 Å². The minimum atomic E-state index is -3.11. The molecule has 3 saturated heterocycles. The zero-order valence-electron chi connectivity index (χ0n) is 20.8. The van der Waals surface area contributed by atoms with Crippen molar-refractivity contribution in [3.8, 4) is 0 Å². The molecule has 3 atom stereocenters. The van der Waals surface area contributed by atoms with Gasteiger partial charge in [-0.2, -0.15) is 0 Å². The van der Waals surface area contributed by atoms with Gasteiger partial charge in [0.1, 0.15) is 6.33 Å². The Hall–Kier alpha value is -2.36. The lowest BCUT2D eigenvalue weighted by Crippen LogP contribution is -2.51. The third-order valence-electron chi connectivity index (χ3n) is 8.19. The number of nitrogens with zero attached hydrogens (tertiary/aromatic N) is 5. The lowest BCUT2D eigenvalue weighted by molar-refractivity contribution is 0.0770. The number of amides is 1. The molecule has 1 unspecified atom stereocenters. The fraction of sp³-hybridized carbons (Fsp3) is 0.577. The Kier molecular flexibility index (Phi) is 6.67. The first-order chi connectivity index (χ1) is 16.7. The fourth-order valence-electron chi connectivity index (χ4n) is 6.19. The lowest BCUT2D eigenvalue weighted by Gasteiger charge is -2.42. The molecular formula is C26H35N5O3S. The Morgan fingerprint density at radius 1 is 0.971 bits per heavy atom. The molecular weight excluding hydrogens is 462 g/mol. The maximum atomic E-state index is 13.2. The van der Waals surface area contributed by atoms with Gasteiger partial charge in [-0.25, -0.2) is 22.7 Å². The molecule has 0 N–H and O–H groups in total. The van der Waals surface area contributed by atoms with E-state index in [1.807, 2.05) is 24.8 Å². The summed E-state index contributed by atoms with van der Waals surface area (Å²) in [7, 11) is -3.11. The Labute approximate surface area is 208 Å². The number of aryl methyl sites for hydroxylation is 2. The van der Waals surface area contributed by atoms with Crippen molar-refractivity contribution in [2.45, 2.75) is 26.2 Å². The third kappa shape index (κ3) is 4.99. The molecule has 3 aliphatic rings. The monoisotopic (exact) mass is 497 g/mol. The number of sulfonamides is 1. The van der Waals surface area contributed by atoms with Crippen molar-refractivity contribution in [1.29, 1.82) is 0 Å². The highest BCUT2D eigenvalue weighted by atomic mass is 32.2. The van der Waals surface area contributed by atoms with Gasteiger partial charge in [-0.1, -0.05) is 30.3 Å². The van der Waals surface area contributed by atoms with Gasteiger partial charge in [-0.3, -0.25) is 4.79 Å². The smallest absolute Gasteiger partial charge is 0.257 e. The zero-order chi connectivity index (χ0) is 24.7. The first-order valence-corrected chi connectivity index (χ1v) is 14.4. The predicted octanol–water partition coefficient (Wildman–Crippen LogP) is 2.16. The van der Waals surface area contributed by atoms with E-state index < -0.39 is 10.0 Å². The summed E-state index contributed by atoms with van der Waals surface area (Å²) in [4.78, 5) is 26.2. The standard InChI is InChI=1S/C26H35N5O3S/c1-18-25(19(2)28-17-27-18)26(32)30-13-21-11-29(12-22(21)14-30)10-9-24(20-7-5-4-6-8-20)23-15-31(16-23)35(3,33)34/h4-8,17,21-24H,9-16H2,1-3H3/t21-,22+,24?. The van der Waals surface area contributed by atoms with Crippen molar-refractivity contribution in [3.05, 3.63) is 59.2 Å². The van der Waals surface area contributed by atoms with Crippen LogP contribution in [-0.2, 0) is 10.0 Å². The molecule has 1 aromatic heterocycles. The van der Waals surface area contributed by atoms with Crippen molar-refractivity contribution in [3.63, 3.8) is 0 Å². The van der Waals surface area contributed by atoms with Gasteiger partial charge in [0.2, 0.25) is 10.0 Å². The normalized spacial score (nSPS) is 24.4. The van der Waals surface area contributed by atoms with E-state index in [9.17, 15) is 13.2 Å². The van der Waals surface area contributed by atoms with E-state index in [0.717, 1.165) is 50.5 Å². The van der Waals surface area contributed by atoms with Crippen LogP contribution >= 0.6 is 0 Å². The number of fused-ring (bicyclic) bond motifs is 1. The highest BCUT2D eigenvalue weighted by molar-refractivity contribution is 7.88. The summed E-state index contributed by atoms with van der Waals surface area (Å²) in [6.45, 7) is 9.59. The summed E-state index contributed by atoms with van der Waals surface area (Å²) in [5, 5.41) is 0. The van der Waals surface area contributed by atoms with Gasteiger partial charge in [0.05, 0.1) is 23.2 Å². The highest BCUT2D eigenvalue weighted by Crippen LogP contribution is 2.37. The van der Waals surface area contributed by atoms with Crippen LogP contribution in [0.1, 0.15) is 39.6 Å². The van der Waals surface area contributed by atoms with Gasteiger partial charge >= 0.3 is 0 Å². The first kappa shape index (κ1) is 24.3. The van der Waals surface area contributed by atoms with E-state index in [-0.39, 0.29) is 5.91 Å². The average Bonchev–Trinajstić information content (AvgIpc) is 3.33. The molecule has 9 heteroatoms. The van der Waals surface area contributed by atoms with E-state index in [1.165, 1.54) is 18.1 Å². The molecule has 5 rings (SSSR count). The average molecular weight is 498 g/mol. The molecule has 35 heavy (non-hydrogen) atoms. The Bertz CT molecular complexity index is 1150. The van der Waals surface area contributed by atoms with Crippen molar-refractivity contribution in [2.24, 2.45) is 17.8 Å². The second-order valence-corrected chi connectivity index (χ2v) is 12.5. The number of likely N-dealkylation sites (tertiary alicyclic amines) is 2. The number of carbonyl (C=O) groups excluding carboxylic acids is 1. The van der Waals surface area contributed by atoms with Crippen LogP contribution in [0.5, 0.6) is 0 Å². The molecule has 0 radical (unpaired) electrons. The first-order valence-electron chi connectivity index (χ1n) is 12.5. The maximum absolute atomic E-state index is 13.2. The minimum Gasteiger partial charge on any atom is -0.338 e. The van der Waals surface area contributed by atoms with Gasteiger partial charge in [0.25, 0.3) is 5.91 Å². The molecule has 3 aliphatic heterocycles. The van der Waals surface area contributed by atoms with Gasteiger partial charge in [0.15, 0.2) is 0 Å². The van der Waals surface area contributed by atoms with Crippen LogP contribution in [-0.4, -0.2) is 90.5 Å². The van der Waals surface area contributed by atoms with Crippen molar-refractivity contribution in [1.82, 2.24) is 24.1 Å². The van der Waals surface area contributed by atoms with Crippen LogP contribution in [0.15, 0.2) is 36.7 Å². The Balaban J connectivity index is 1.18. The number of hydrogen-bond acceptors (Lipinski definition) is 6. The number of aromatic nitrogens is 2. The van der Waals surface area contributed by atoms with Gasteiger partial charge in [-0.15, -0.1) is 0 Å². The molecule has 3 fully saturated rings. The van der Waals surface area contributed by atoms with Gasteiger partial charge in [-0.05, 0) is 56.0 Å². The minimum absolute atomic E-state index is 0.0612. The fourth-order valence-corrected chi connectivity index (χ4v) is 7.12. The van der Waals surface area contributed by atoms with Crippen LogP contribution in [0.2, 0.25) is 0 Å². The summed E-state index contributed by atoms with van der Waals surface area (Å²) in [6.07, 6.45) is 3.84. The summed E-state index contributed by atoms with van der Waals surface area (Å²) >= 11 is 0. The largest absolute Gasteiger partial charge is 0.338 e. The second kappa shape index (κ2) is 9.59. The van der Waals surface area contributed by atoms with E-state index in [0.29, 0.717) is 42.3 Å². The molecule has 0 spiro atoms. The number of carbonyl (C=O) groups is 1. The molecule has 188 valence electrons. The van der Waals surface area contributed by atoms with Crippen molar-refractivity contribution >= 4 is 15.9 Å². The Morgan fingerprint density at radius 2 is 1.57 bits per heavy atom. The molecule has 2 aromatic rings. The molecule has 8 nitrogen and oxygen atoms in total. The highest BCUT2D eigenvalue weighted by Gasteiger charge is 2.43. The predicted molar refractivity (Wildman–Crippen MR) is 135 cm³/mol. The molecule has 0 bridgehead atoms. The zero-order valence-corrected chi connectivity index (χ0v) is 21.6. The lowest BCUT2D eigenvalue weighted by atomic mass is 9.80. The maximum Gasteiger partial charge on any atom is 0.257 e. The van der Waals surface area contributed by atoms with E-state index in [1.54, 1.807) is 4.31 Å². The number of hydrogen-bond donors (Lipinski definition) is 0. The third-order valence-corrected chi connectivity index (χ3v) is 9.42. The quantitative estimate of drug-likeness (QED) is 0.583. The van der Waals surface area contributed by atoms with Gasteiger partial charge < -0.3 is 9.80 Å². The molecule has 1 amide bonds. The van der Waals surface area contributed by atoms with E-state index in [4.69, 9.17) is 0 Å². The summed E-state index contributed by atoms with van der Waals surface area (Å²) in [5.41, 5.74) is 3.45. The molecule has 0 aliphatic carbocycles. The van der Waals surface area contributed by atoms with Gasteiger partial charge in [0, 0.05) is 39.3 Å². The topological polar surface area (TPSA) is 86.7 Å². The van der Waals surface area contributed by atoms with Crippen LogP contribution in [0, 0.1) is 31.6 Å². The van der Waals surface area contributed by atoms with E-state index >= 15 is 0 Å². The van der Waals surface area contributed by atoms with Crippen molar-refractivity contribution in [2.75, 3.05) is 52.1 Å². The van der Waals surface area contributed by atoms with Crippen molar-refractivity contribution < 1.29 is 13.2 Å². The number of benzene rings is 1. The Morgan fingerprint density at radius 3 is 2.14 bits per heavy atom. The van der Waals surface area contributed by atoms with Crippen LogP contribution < -0.4 is 0 Å². The molecule has 4 heterocycles.